The number of piperidine rings is 1. The van der Waals surface area contributed by atoms with Crippen LogP contribution in [-0.2, 0) is 19.7 Å². The van der Waals surface area contributed by atoms with E-state index < -0.39 is 10.2 Å². The molecule has 2 rings (SSSR count). The lowest BCUT2D eigenvalue weighted by molar-refractivity contribution is -0.146. The van der Waals surface area contributed by atoms with Crippen molar-refractivity contribution in [1.29, 1.82) is 0 Å². The van der Waals surface area contributed by atoms with Crippen LogP contribution in [0.4, 0.5) is 0 Å². The molecule has 122 valence electrons. The topological polar surface area (TPSA) is 87.7 Å². The average molecular weight is 319 g/mol. The third-order valence-electron chi connectivity index (χ3n) is 3.98. The quantitative estimate of drug-likeness (QED) is 0.480. The zero-order chi connectivity index (χ0) is 15.3. The number of ether oxygens (including phenoxy) is 1. The normalized spacial score (nSPS) is 21.4. The maximum absolute atomic E-state index is 12.1. The van der Waals surface area contributed by atoms with E-state index in [9.17, 15) is 13.2 Å². The van der Waals surface area contributed by atoms with Gasteiger partial charge in [0.05, 0.1) is 13.0 Å². The summed E-state index contributed by atoms with van der Waals surface area (Å²) in [7, 11) is -2.06. The van der Waals surface area contributed by atoms with Crippen molar-refractivity contribution in [3.8, 4) is 0 Å². The summed E-state index contributed by atoms with van der Waals surface area (Å²) in [4.78, 5) is 11.4. The van der Waals surface area contributed by atoms with Crippen LogP contribution < -0.4 is 10.0 Å². The minimum Gasteiger partial charge on any atom is -0.469 e. The molecular formula is C13H25N3O4S. The Bertz CT molecular complexity index is 442. The molecule has 1 saturated carbocycles. The SMILES string of the molecule is COC(=O)C1CCN(S(=O)(=O)NCCCNC2CC2)CC1. The summed E-state index contributed by atoms with van der Waals surface area (Å²) < 4.78 is 33.0. The Morgan fingerprint density at radius 3 is 2.43 bits per heavy atom. The largest absolute Gasteiger partial charge is 0.469 e. The third kappa shape index (κ3) is 5.21. The number of hydrogen-bond acceptors (Lipinski definition) is 5. The number of carbonyl (C=O) groups excluding carboxylic acids is 1. The molecule has 1 heterocycles. The van der Waals surface area contributed by atoms with Crippen LogP contribution in [0.5, 0.6) is 0 Å². The van der Waals surface area contributed by atoms with Gasteiger partial charge in [-0.2, -0.15) is 12.7 Å². The molecule has 0 spiro atoms. The molecule has 2 aliphatic rings. The van der Waals surface area contributed by atoms with Crippen molar-refractivity contribution < 1.29 is 17.9 Å². The van der Waals surface area contributed by atoms with E-state index in [4.69, 9.17) is 4.74 Å². The van der Waals surface area contributed by atoms with Crippen molar-refractivity contribution in [1.82, 2.24) is 14.3 Å². The predicted octanol–water partition coefficient (Wildman–Crippen LogP) is -0.152. The molecule has 0 aromatic rings. The Morgan fingerprint density at radius 2 is 1.86 bits per heavy atom. The summed E-state index contributed by atoms with van der Waals surface area (Å²) in [6.45, 7) is 2.03. The van der Waals surface area contributed by atoms with E-state index >= 15 is 0 Å². The Kier molecular flexibility index (Phi) is 5.98. The second-order valence-electron chi connectivity index (χ2n) is 5.68. The molecule has 2 fully saturated rings. The number of hydrogen-bond donors (Lipinski definition) is 2. The van der Waals surface area contributed by atoms with Crippen molar-refractivity contribution in [2.75, 3.05) is 33.3 Å². The Hall–Kier alpha value is -0.700. The number of nitrogens with one attached hydrogen (secondary N) is 2. The average Bonchev–Trinajstić information content (AvgIpc) is 3.30. The molecule has 2 N–H and O–H groups in total. The first-order valence-corrected chi connectivity index (χ1v) is 9.03. The van der Waals surface area contributed by atoms with Crippen LogP contribution in [-0.4, -0.2) is 58.0 Å². The fraction of sp³-hybridized carbons (Fsp3) is 0.923. The minimum atomic E-state index is -3.42. The Labute approximate surface area is 126 Å². The molecule has 0 bridgehead atoms. The fourth-order valence-electron chi connectivity index (χ4n) is 2.47. The molecule has 0 aromatic heterocycles. The van der Waals surface area contributed by atoms with Crippen LogP contribution in [0.2, 0.25) is 0 Å². The predicted molar refractivity (Wildman–Crippen MR) is 78.9 cm³/mol. The molecule has 0 amide bonds. The zero-order valence-electron chi connectivity index (χ0n) is 12.5. The van der Waals surface area contributed by atoms with Gasteiger partial charge in [0.25, 0.3) is 10.2 Å². The van der Waals surface area contributed by atoms with E-state index in [2.05, 4.69) is 10.0 Å². The van der Waals surface area contributed by atoms with Gasteiger partial charge in [0.2, 0.25) is 0 Å². The van der Waals surface area contributed by atoms with E-state index in [1.165, 1.54) is 24.3 Å². The standard InChI is InChI=1S/C13H25N3O4S/c1-20-13(17)11-5-9-16(10-6-11)21(18,19)15-8-2-7-14-12-3-4-12/h11-12,14-15H,2-10H2,1H3. The highest BCUT2D eigenvalue weighted by atomic mass is 32.2. The third-order valence-corrected chi connectivity index (χ3v) is 5.59. The molecule has 7 nitrogen and oxygen atoms in total. The summed E-state index contributed by atoms with van der Waals surface area (Å²) in [6, 6.07) is 0.652. The fourth-order valence-corrected chi connectivity index (χ4v) is 3.75. The monoisotopic (exact) mass is 319 g/mol. The maximum atomic E-state index is 12.1. The van der Waals surface area contributed by atoms with E-state index in [0.29, 0.717) is 38.5 Å². The first kappa shape index (κ1) is 16.7. The van der Waals surface area contributed by atoms with Gasteiger partial charge in [-0.05, 0) is 38.6 Å². The highest BCUT2D eigenvalue weighted by molar-refractivity contribution is 7.87. The van der Waals surface area contributed by atoms with Crippen LogP contribution in [0.1, 0.15) is 32.1 Å². The number of methoxy groups -OCH3 is 1. The molecule has 0 unspecified atom stereocenters. The molecule has 1 aliphatic heterocycles. The second-order valence-corrected chi connectivity index (χ2v) is 7.43. The summed E-state index contributed by atoms with van der Waals surface area (Å²) in [5.74, 6) is -0.421. The van der Waals surface area contributed by atoms with Crippen molar-refractivity contribution in [3.63, 3.8) is 0 Å². The second kappa shape index (κ2) is 7.53. The molecule has 1 aliphatic carbocycles. The van der Waals surface area contributed by atoms with Gasteiger partial charge >= 0.3 is 5.97 Å². The van der Waals surface area contributed by atoms with Gasteiger partial charge in [-0.25, -0.2) is 4.72 Å². The number of carbonyl (C=O) groups is 1. The lowest BCUT2D eigenvalue weighted by atomic mass is 9.99. The maximum Gasteiger partial charge on any atom is 0.308 e. The molecule has 8 heteroatoms. The van der Waals surface area contributed by atoms with Crippen LogP contribution in [0.3, 0.4) is 0 Å². The molecular weight excluding hydrogens is 294 g/mol. The minimum absolute atomic E-state index is 0.177. The van der Waals surface area contributed by atoms with E-state index in [0.717, 1.165) is 13.0 Å². The number of nitrogens with zero attached hydrogens (tertiary/aromatic N) is 1. The van der Waals surface area contributed by atoms with Crippen molar-refractivity contribution in [2.24, 2.45) is 5.92 Å². The van der Waals surface area contributed by atoms with Crippen LogP contribution in [0, 0.1) is 5.92 Å². The van der Waals surface area contributed by atoms with Gasteiger partial charge < -0.3 is 10.1 Å². The highest BCUT2D eigenvalue weighted by Crippen LogP contribution is 2.20. The van der Waals surface area contributed by atoms with Crippen molar-refractivity contribution in [3.05, 3.63) is 0 Å². The summed E-state index contributed by atoms with van der Waals surface area (Å²) in [5.41, 5.74) is 0. The van der Waals surface area contributed by atoms with Crippen LogP contribution in [0.25, 0.3) is 0 Å². The highest BCUT2D eigenvalue weighted by Gasteiger charge is 2.31. The van der Waals surface area contributed by atoms with Crippen LogP contribution >= 0.6 is 0 Å². The summed E-state index contributed by atoms with van der Waals surface area (Å²) >= 11 is 0. The smallest absolute Gasteiger partial charge is 0.308 e. The summed E-state index contributed by atoms with van der Waals surface area (Å²) in [6.07, 6.45) is 4.31. The van der Waals surface area contributed by atoms with Crippen molar-refractivity contribution in [2.45, 2.75) is 38.1 Å². The van der Waals surface area contributed by atoms with Gasteiger partial charge in [0, 0.05) is 25.7 Å². The van der Waals surface area contributed by atoms with E-state index in [1.807, 2.05) is 0 Å². The van der Waals surface area contributed by atoms with Crippen molar-refractivity contribution >= 4 is 16.2 Å². The zero-order valence-corrected chi connectivity index (χ0v) is 13.3. The van der Waals surface area contributed by atoms with Gasteiger partial charge in [-0.1, -0.05) is 0 Å². The first-order valence-electron chi connectivity index (χ1n) is 7.59. The Balaban J connectivity index is 1.66. The molecule has 0 aromatic carbocycles. The molecule has 21 heavy (non-hydrogen) atoms. The first-order chi connectivity index (χ1) is 10.0. The molecule has 0 atom stereocenters. The lowest BCUT2D eigenvalue weighted by Gasteiger charge is -2.29. The van der Waals surface area contributed by atoms with Gasteiger partial charge in [0.15, 0.2) is 0 Å². The van der Waals surface area contributed by atoms with Gasteiger partial charge in [0.1, 0.15) is 0 Å². The lowest BCUT2D eigenvalue weighted by Crippen LogP contribution is -2.46. The number of rotatable bonds is 8. The summed E-state index contributed by atoms with van der Waals surface area (Å²) in [5, 5.41) is 3.35. The van der Waals surface area contributed by atoms with E-state index in [-0.39, 0.29) is 11.9 Å². The van der Waals surface area contributed by atoms with Gasteiger partial charge in [-0.15, -0.1) is 0 Å². The van der Waals surface area contributed by atoms with Crippen LogP contribution in [0.15, 0.2) is 0 Å². The van der Waals surface area contributed by atoms with E-state index in [1.54, 1.807) is 0 Å². The molecule has 0 radical (unpaired) electrons. The molecule has 1 saturated heterocycles. The number of esters is 1. The van der Waals surface area contributed by atoms with Gasteiger partial charge in [-0.3, -0.25) is 4.79 Å². The Morgan fingerprint density at radius 1 is 1.19 bits per heavy atom.